The quantitative estimate of drug-likeness (QED) is 0.252. The standard InChI is InChI=1S/C31H18ClN3O/c32-31-34-29(21-10-5-9-20(17-21)24-13-6-8-19-7-1-2-11-23(19)24)33-30(35-31)22-15-16-28-26(18-22)25-12-3-4-14-27(25)36-28/h1-18H. The number of nitrogens with zero attached hydrogens (tertiary/aromatic N) is 3. The van der Waals surface area contributed by atoms with E-state index in [1.54, 1.807) is 0 Å². The molecule has 0 aliphatic carbocycles. The molecule has 0 amide bonds. The van der Waals surface area contributed by atoms with Crippen molar-refractivity contribution in [2.24, 2.45) is 0 Å². The van der Waals surface area contributed by atoms with Crippen molar-refractivity contribution in [3.8, 4) is 33.9 Å². The molecule has 0 unspecified atom stereocenters. The van der Waals surface area contributed by atoms with E-state index in [-0.39, 0.29) is 5.28 Å². The number of para-hydroxylation sites is 1. The average Bonchev–Trinajstić information content (AvgIpc) is 3.30. The zero-order valence-electron chi connectivity index (χ0n) is 19.0. The minimum atomic E-state index is 0.155. The molecule has 0 bridgehead atoms. The van der Waals surface area contributed by atoms with Crippen molar-refractivity contribution in [1.29, 1.82) is 0 Å². The van der Waals surface area contributed by atoms with Crippen LogP contribution in [0.1, 0.15) is 0 Å². The molecule has 0 fully saturated rings. The fourth-order valence-corrected chi connectivity index (χ4v) is 4.94. The van der Waals surface area contributed by atoms with Gasteiger partial charge in [-0.1, -0.05) is 78.9 Å². The van der Waals surface area contributed by atoms with Crippen LogP contribution in [0.25, 0.3) is 66.6 Å². The Morgan fingerprint density at radius 3 is 2.06 bits per heavy atom. The van der Waals surface area contributed by atoms with Crippen molar-refractivity contribution < 1.29 is 4.42 Å². The molecule has 0 aliphatic rings. The molecule has 36 heavy (non-hydrogen) atoms. The van der Waals surface area contributed by atoms with Gasteiger partial charge in [0.05, 0.1) is 0 Å². The lowest BCUT2D eigenvalue weighted by atomic mass is 9.97. The van der Waals surface area contributed by atoms with Crippen LogP contribution in [-0.2, 0) is 0 Å². The number of furan rings is 1. The molecular weight excluding hydrogens is 466 g/mol. The Labute approximate surface area is 211 Å². The number of fused-ring (bicyclic) bond motifs is 4. The third-order valence-electron chi connectivity index (χ3n) is 6.46. The van der Waals surface area contributed by atoms with Crippen LogP contribution in [0.5, 0.6) is 0 Å². The SMILES string of the molecule is Clc1nc(-c2cccc(-c3cccc4ccccc34)c2)nc(-c2ccc3oc4ccccc4c3c2)n1. The summed E-state index contributed by atoms with van der Waals surface area (Å²) in [7, 11) is 0. The Morgan fingerprint density at radius 1 is 0.500 bits per heavy atom. The van der Waals surface area contributed by atoms with E-state index in [1.165, 1.54) is 10.8 Å². The number of halogens is 1. The van der Waals surface area contributed by atoms with Gasteiger partial charge in [-0.25, -0.2) is 4.98 Å². The van der Waals surface area contributed by atoms with Gasteiger partial charge >= 0.3 is 0 Å². The topological polar surface area (TPSA) is 51.8 Å². The first-order valence-corrected chi connectivity index (χ1v) is 12.0. The first kappa shape index (κ1) is 20.8. The second-order valence-electron chi connectivity index (χ2n) is 8.67. The van der Waals surface area contributed by atoms with Gasteiger partial charge in [0.2, 0.25) is 5.28 Å². The monoisotopic (exact) mass is 483 g/mol. The number of benzene rings is 5. The fraction of sp³-hybridized carbons (Fsp3) is 0. The molecule has 5 aromatic carbocycles. The summed E-state index contributed by atoms with van der Waals surface area (Å²) in [6.45, 7) is 0. The molecule has 170 valence electrons. The zero-order chi connectivity index (χ0) is 24.1. The molecule has 0 atom stereocenters. The molecule has 0 saturated heterocycles. The number of aromatic nitrogens is 3. The van der Waals surface area contributed by atoms with Crippen molar-refractivity contribution in [3.63, 3.8) is 0 Å². The van der Waals surface area contributed by atoms with Gasteiger partial charge in [-0.3, -0.25) is 0 Å². The molecule has 0 spiro atoms. The van der Waals surface area contributed by atoms with Crippen LogP contribution in [0.3, 0.4) is 0 Å². The lowest BCUT2D eigenvalue weighted by Crippen LogP contribution is -1.97. The Kier molecular flexibility index (Phi) is 4.79. The van der Waals surface area contributed by atoms with Crippen molar-refractivity contribution in [2.75, 3.05) is 0 Å². The van der Waals surface area contributed by atoms with E-state index in [2.05, 4.69) is 70.6 Å². The summed E-state index contributed by atoms with van der Waals surface area (Å²) in [5, 5.41) is 4.62. The molecule has 2 heterocycles. The van der Waals surface area contributed by atoms with Crippen LogP contribution < -0.4 is 0 Å². The third kappa shape index (κ3) is 3.51. The fourth-order valence-electron chi connectivity index (χ4n) is 4.78. The first-order chi connectivity index (χ1) is 17.7. The summed E-state index contributed by atoms with van der Waals surface area (Å²) in [5.74, 6) is 1.05. The highest BCUT2D eigenvalue weighted by molar-refractivity contribution is 6.28. The van der Waals surface area contributed by atoms with Gasteiger partial charge in [0.25, 0.3) is 0 Å². The summed E-state index contributed by atoms with van der Waals surface area (Å²) in [6.07, 6.45) is 0. The van der Waals surface area contributed by atoms with Gasteiger partial charge in [0.15, 0.2) is 11.6 Å². The van der Waals surface area contributed by atoms with Crippen LogP contribution in [0.15, 0.2) is 114 Å². The normalized spacial score (nSPS) is 11.5. The molecule has 7 aromatic rings. The highest BCUT2D eigenvalue weighted by atomic mass is 35.5. The van der Waals surface area contributed by atoms with E-state index in [1.807, 2.05) is 48.5 Å². The molecule has 2 aromatic heterocycles. The largest absolute Gasteiger partial charge is 0.456 e. The summed E-state index contributed by atoms with van der Waals surface area (Å²) in [5.41, 5.74) is 5.65. The highest BCUT2D eigenvalue weighted by Crippen LogP contribution is 2.33. The van der Waals surface area contributed by atoms with E-state index < -0.39 is 0 Å². The lowest BCUT2D eigenvalue weighted by molar-refractivity contribution is 0.669. The second kappa shape index (κ2) is 8.29. The molecule has 4 nitrogen and oxygen atoms in total. The predicted molar refractivity (Wildman–Crippen MR) is 146 cm³/mol. The van der Waals surface area contributed by atoms with Crippen molar-refractivity contribution in [1.82, 2.24) is 15.0 Å². The molecule has 0 aliphatic heterocycles. The van der Waals surface area contributed by atoms with E-state index in [0.717, 1.165) is 44.2 Å². The lowest BCUT2D eigenvalue weighted by Gasteiger charge is -2.09. The minimum Gasteiger partial charge on any atom is -0.456 e. The molecule has 0 N–H and O–H groups in total. The highest BCUT2D eigenvalue weighted by Gasteiger charge is 2.14. The van der Waals surface area contributed by atoms with Crippen molar-refractivity contribution >= 4 is 44.3 Å². The van der Waals surface area contributed by atoms with Crippen LogP contribution >= 0.6 is 11.6 Å². The van der Waals surface area contributed by atoms with Gasteiger partial charge < -0.3 is 4.42 Å². The summed E-state index contributed by atoms with van der Waals surface area (Å²) >= 11 is 6.40. The van der Waals surface area contributed by atoms with Crippen LogP contribution in [0.2, 0.25) is 5.28 Å². The molecule has 0 saturated carbocycles. The smallest absolute Gasteiger partial charge is 0.226 e. The van der Waals surface area contributed by atoms with Crippen LogP contribution in [-0.4, -0.2) is 15.0 Å². The first-order valence-electron chi connectivity index (χ1n) is 11.6. The molecule has 0 radical (unpaired) electrons. The van der Waals surface area contributed by atoms with Gasteiger partial charge in [-0.15, -0.1) is 0 Å². The molecule has 7 rings (SSSR count). The molecular formula is C31H18ClN3O. The second-order valence-corrected chi connectivity index (χ2v) is 9.01. The van der Waals surface area contributed by atoms with Crippen molar-refractivity contribution in [3.05, 3.63) is 114 Å². The summed E-state index contributed by atoms with van der Waals surface area (Å²) in [6, 6.07) is 36.9. The predicted octanol–water partition coefficient (Wildman–Crippen LogP) is 8.58. The Morgan fingerprint density at radius 2 is 1.17 bits per heavy atom. The zero-order valence-corrected chi connectivity index (χ0v) is 19.8. The average molecular weight is 484 g/mol. The van der Waals surface area contributed by atoms with E-state index in [0.29, 0.717) is 11.6 Å². The van der Waals surface area contributed by atoms with Gasteiger partial charge in [0, 0.05) is 21.9 Å². The summed E-state index contributed by atoms with van der Waals surface area (Å²) < 4.78 is 5.97. The number of hydrogen-bond acceptors (Lipinski definition) is 4. The number of hydrogen-bond donors (Lipinski definition) is 0. The summed E-state index contributed by atoms with van der Waals surface area (Å²) in [4.78, 5) is 13.7. The van der Waals surface area contributed by atoms with Gasteiger partial charge in [-0.05, 0) is 63.8 Å². The van der Waals surface area contributed by atoms with Gasteiger partial charge in [-0.2, -0.15) is 9.97 Å². The van der Waals surface area contributed by atoms with Crippen LogP contribution in [0, 0.1) is 0 Å². The maximum atomic E-state index is 6.40. The maximum Gasteiger partial charge on any atom is 0.226 e. The Balaban J connectivity index is 1.34. The van der Waals surface area contributed by atoms with E-state index in [4.69, 9.17) is 21.0 Å². The van der Waals surface area contributed by atoms with E-state index >= 15 is 0 Å². The number of rotatable bonds is 3. The minimum absolute atomic E-state index is 0.155. The third-order valence-corrected chi connectivity index (χ3v) is 6.63. The Hall–Kier alpha value is -4.54. The maximum absolute atomic E-state index is 6.40. The van der Waals surface area contributed by atoms with Gasteiger partial charge in [0.1, 0.15) is 11.2 Å². The Bertz CT molecular complexity index is 1920. The van der Waals surface area contributed by atoms with Crippen LogP contribution in [0.4, 0.5) is 0 Å². The molecule has 5 heteroatoms. The van der Waals surface area contributed by atoms with E-state index in [9.17, 15) is 0 Å². The van der Waals surface area contributed by atoms with Crippen molar-refractivity contribution in [2.45, 2.75) is 0 Å².